The Morgan fingerprint density at radius 2 is 1.71 bits per heavy atom. The molecule has 35 heavy (non-hydrogen) atoms. The molecule has 7 heteroatoms. The second-order valence-electron chi connectivity index (χ2n) is 8.52. The van der Waals surface area contributed by atoms with E-state index in [1.165, 1.54) is 22.3 Å². The summed E-state index contributed by atoms with van der Waals surface area (Å²) in [5, 5.41) is 19.4. The molecule has 4 aromatic rings. The number of aliphatic hydroxyl groups is 1. The molecule has 0 aliphatic carbocycles. The SMILES string of the molecule is Cl.Cl.N#Cc1ccc(Cn2cncc2CN2CCc3ccc(-c4ccccc4)cc3[C@H]2CO)cc1. The Balaban J connectivity index is 0.00000171. The van der Waals surface area contributed by atoms with E-state index in [0.717, 1.165) is 30.8 Å². The Morgan fingerprint density at radius 3 is 2.43 bits per heavy atom. The molecule has 0 fully saturated rings. The third-order valence-corrected chi connectivity index (χ3v) is 6.49. The smallest absolute Gasteiger partial charge is 0.0991 e. The van der Waals surface area contributed by atoms with Gasteiger partial charge in [-0.2, -0.15) is 5.26 Å². The first-order valence-corrected chi connectivity index (χ1v) is 11.3. The molecule has 180 valence electrons. The highest BCUT2D eigenvalue weighted by Crippen LogP contribution is 2.34. The van der Waals surface area contributed by atoms with Gasteiger partial charge in [-0.3, -0.25) is 4.90 Å². The van der Waals surface area contributed by atoms with E-state index < -0.39 is 0 Å². The molecule has 5 nitrogen and oxygen atoms in total. The Bertz CT molecular complexity index is 1280. The van der Waals surface area contributed by atoms with E-state index in [9.17, 15) is 5.11 Å². The molecule has 0 radical (unpaired) electrons. The van der Waals surface area contributed by atoms with Crippen molar-refractivity contribution in [2.24, 2.45) is 0 Å². The highest BCUT2D eigenvalue weighted by atomic mass is 35.5. The number of fused-ring (bicyclic) bond motifs is 1. The van der Waals surface area contributed by atoms with Crippen LogP contribution in [0.3, 0.4) is 0 Å². The van der Waals surface area contributed by atoms with E-state index >= 15 is 0 Å². The molecular formula is C28H28Cl2N4O. The normalized spacial score (nSPS) is 14.8. The molecule has 2 heterocycles. The topological polar surface area (TPSA) is 65.1 Å². The van der Waals surface area contributed by atoms with E-state index in [-0.39, 0.29) is 37.5 Å². The molecule has 0 unspecified atom stereocenters. The number of imidazole rings is 1. The number of benzene rings is 3. The van der Waals surface area contributed by atoms with Crippen molar-refractivity contribution >= 4 is 24.8 Å². The maximum Gasteiger partial charge on any atom is 0.0991 e. The van der Waals surface area contributed by atoms with E-state index in [1.807, 2.05) is 42.9 Å². The van der Waals surface area contributed by atoms with Crippen LogP contribution in [0.5, 0.6) is 0 Å². The van der Waals surface area contributed by atoms with Gasteiger partial charge in [0.1, 0.15) is 0 Å². The van der Waals surface area contributed by atoms with Gasteiger partial charge in [0.15, 0.2) is 0 Å². The summed E-state index contributed by atoms with van der Waals surface area (Å²) in [7, 11) is 0. The lowest BCUT2D eigenvalue weighted by Crippen LogP contribution is -2.37. The number of halogens is 2. The molecule has 1 aliphatic heterocycles. The van der Waals surface area contributed by atoms with Crippen molar-refractivity contribution in [1.29, 1.82) is 5.26 Å². The zero-order chi connectivity index (χ0) is 22.6. The molecule has 1 N–H and O–H groups in total. The van der Waals surface area contributed by atoms with Crippen molar-refractivity contribution in [2.75, 3.05) is 13.2 Å². The average molecular weight is 507 g/mol. The number of nitriles is 1. The number of nitrogens with zero attached hydrogens (tertiary/aromatic N) is 4. The maximum atomic E-state index is 10.4. The van der Waals surface area contributed by atoms with Crippen LogP contribution in [0, 0.1) is 11.3 Å². The van der Waals surface area contributed by atoms with Crippen molar-refractivity contribution in [3.05, 3.63) is 113 Å². The fraction of sp³-hybridized carbons (Fsp3) is 0.214. The van der Waals surface area contributed by atoms with Crippen LogP contribution >= 0.6 is 24.8 Å². The summed E-state index contributed by atoms with van der Waals surface area (Å²) in [5.41, 5.74) is 7.80. The molecule has 1 atom stereocenters. The lowest BCUT2D eigenvalue weighted by molar-refractivity contribution is 0.106. The van der Waals surface area contributed by atoms with Crippen molar-refractivity contribution in [3.63, 3.8) is 0 Å². The van der Waals surface area contributed by atoms with Gasteiger partial charge >= 0.3 is 0 Å². The fourth-order valence-electron chi connectivity index (χ4n) is 4.67. The van der Waals surface area contributed by atoms with Gasteiger partial charge in [-0.1, -0.05) is 54.6 Å². The summed E-state index contributed by atoms with van der Waals surface area (Å²) < 4.78 is 2.14. The van der Waals surface area contributed by atoms with Gasteiger partial charge in [0.05, 0.1) is 36.3 Å². The van der Waals surface area contributed by atoms with E-state index in [4.69, 9.17) is 5.26 Å². The quantitative estimate of drug-likeness (QED) is 0.379. The summed E-state index contributed by atoms with van der Waals surface area (Å²) in [6, 6.07) is 26.8. The zero-order valence-corrected chi connectivity index (χ0v) is 20.9. The summed E-state index contributed by atoms with van der Waals surface area (Å²) >= 11 is 0. The minimum Gasteiger partial charge on any atom is -0.394 e. The van der Waals surface area contributed by atoms with Gasteiger partial charge in [-0.15, -0.1) is 24.8 Å². The van der Waals surface area contributed by atoms with Crippen LogP contribution < -0.4 is 0 Å². The molecule has 3 aromatic carbocycles. The van der Waals surface area contributed by atoms with E-state index in [0.29, 0.717) is 12.1 Å². The Hall–Kier alpha value is -3.14. The zero-order valence-electron chi connectivity index (χ0n) is 19.2. The van der Waals surface area contributed by atoms with Crippen LogP contribution in [0.2, 0.25) is 0 Å². The number of hydrogen-bond acceptors (Lipinski definition) is 4. The maximum absolute atomic E-state index is 10.4. The number of aromatic nitrogens is 2. The van der Waals surface area contributed by atoms with E-state index in [1.54, 1.807) is 0 Å². The third kappa shape index (κ3) is 5.75. The van der Waals surface area contributed by atoms with Crippen LogP contribution in [0.15, 0.2) is 85.3 Å². The monoisotopic (exact) mass is 506 g/mol. The molecule has 1 aliphatic rings. The second kappa shape index (κ2) is 12.0. The largest absolute Gasteiger partial charge is 0.394 e. The third-order valence-electron chi connectivity index (χ3n) is 6.49. The first-order valence-electron chi connectivity index (χ1n) is 11.3. The summed E-state index contributed by atoms with van der Waals surface area (Å²) in [4.78, 5) is 6.74. The van der Waals surface area contributed by atoms with Crippen molar-refractivity contribution < 1.29 is 5.11 Å². The summed E-state index contributed by atoms with van der Waals surface area (Å²) in [6.07, 6.45) is 4.73. The van der Waals surface area contributed by atoms with Crippen molar-refractivity contribution in [2.45, 2.75) is 25.6 Å². The number of rotatable bonds is 6. The Labute approximate surface area is 218 Å². The predicted octanol–water partition coefficient (Wildman–Crippen LogP) is 5.41. The van der Waals surface area contributed by atoms with Gasteiger partial charge in [0, 0.05) is 25.8 Å². The first-order chi connectivity index (χ1) is 16.2. The lowest BCUT2D eigenvalue weighted by atomic mass is 9.89. The second-order valence-corrected chi connectivity index (χ2v) is 8.52. The fourth-order valence-corrected chi connectivity index (χ4v) is 4.67. The van der Waals surface area contributed by atoms with Crippen LogP contribution in [0.4, 0.5) is 0 Å². The standard InChI is InChI=1S/C28H26N4O.2ClH/c29-15-21-6-8-22(9-7-21)17-32-20-30-16-26(32)18-31-13-12-24-10-11-25(14-27(24)28(31)19-33)23-4-2-1-3-5-23;;/h1-11,14,16,20,28,33H,12-13,17-19H2;2*1H/t28-;;/m1../s1. The molecular weight excluding hydrogens is 479 g/mol. The van der Waals surface area contributed by atoms with Crippen LogP contribution in [0.25, 0.3) is 11.1 Å². The average Bonchev–Trinajstić information content (AvgIpc) is 3.31. The summed E-state index contributed by atoms with van der Waals surface area (Å²) in [6.45, 7) is 2.39. The van der Waals surface area contributed by atoms with E-state index in [2.05, 4.69) is 63.0 Å². The summed E-state index contributed by atoms with van der Waals surface area (Å²) in [5.74, 6) is 0. The van der Waals surface area contributed by atoms with Gasteiger partial charge in [0.2, 0.25) is 0 Å². The van der Waals surface area contributed by atoms with Gasteiger partial charge in [-0.05, 0) is 52.4 Å². The molecule has 0 saturated heterocycles. The minimum atomic E-state index is -0.0457. The first kappa shape index (κ1) is 26.5. The molecule has 1 aromatic heterocycles. The van der Waals surface area contributed by atoms with Crippen LogP contribution in [-0.2, 0) is 19.5 Å². The number of aliphatic hydroxyl groups excluding tert-OH is 1. The van der Waals surface area contributed by atoms with Crippen molar-refractivity contribution in [3.8, 4) is 17.2 Å². The lowest BCUT2D eigenvalue weighted by Gasteiger charge is -2.36. The molecule has 0 amide bonds. The van der Waals surface area contributed by atoms with Crippen molar-refractivity contribution in [1.82, 2.24) is 14.5 Å². The van der Waals surface area contributed by atoms with Crippen LogP contribution in [-0.4, -0.2) is 32.7 Å². The van der Waals surface area contributed by atoms with Crippen LogP contribution in [0.1, 0.15) is 34.0 Å². The minimum absolute atomic E-state index is 0. The van der Waals surface area contributed by atoms with Gasteiger partial charge in [0.25, 0.3) is 0 Å². The Kier molecular flexibility index (Phi) is 9.08. The number of hydrogen-bond donors (Lipinski definition) is 1. The molecule has 0 saturated carbocycles. The van der Waals surface area contributed by atoms with Gasteiger partial charge in [-0.25, -0.2) is 4.98 Å². The Morgan fingerprint density at radius 1 is 0.943 bits per heavy atom. The highest BCUT2D eigenvalue weighted by Gasteiger charge is 2.28. The molecule has 5 rings (SSSR count). The highest BCUT2D eigenvalue weighted by molar-refractivity contribution is 5.85. The predicted molar refractivity (Wildman–Crippen MR) is 143 cm³/mol. The molecule has 0 bridgehead atoms. The molecule has 0 spiro atoms. The van der Waals surface area contributed by atoms with Gasteiger partial charge < -0.3 is 9.67 Å².